The molecule has 0 aliphatic carbocycles. The van der Waals surface area contributed by atoms with Crippen molar-refractivity contribution in [1.29, 1.82) is 0 Å². The number of halogens is 1. The van der Waals surface area contributed by atoms with E-state index in [4.69, 9.17) is 14.6 Å². The zero-order valence-corrected chi connectivity index (χ0v) is 19.2. The smallest absolute Gasteiger partial charge is 0.412 e. The Morgan fingerprint density at radius 2 is 1.87 bits per heavy atom. The van der Waals surface area contributed by atoms with Crippen LogP contribution in [0, 0.1) is 5.41 Å². The second-order valence-corrected chi connectivity index (χ2v) is 8.53. The van der Waals surface area contributed by atoms with Crippen LogP contribution in [-0.2, 0) is 9.53 Å². The number of carboxylic acids is 1. The molecule has 0 saturated carbocycles. The molecular weight excluding hydrogens is 466 g/mol. The average Bonchev–Trinajstić information content (AvgIpc) is 2.71. The van der Waals surface area contributed by atoms with Crippen LogP contribution in [0.4, 0.5) is 10.5 Å². The summed E-state index contributed by atoms with van der Waals surface area (Å²) in [5, 5.41) is 21.7. The van der Waals surface area contributed by atoms with E-state index in [1.807, 2.05) is 13.8 Å². The molecule has 0 saturated heterocycles. The van der Waals surface area contributed by atoms with E-state index in [2.05, 4.69) is 21.2 Å². The number of amides is 1. The highest BCUT2D eigenvalue weighted by Gasteiger charge is 2.34. The van der Waals surface area contributed by atoms with E-state index in [9.17, 15) is 14.7 Å². The summed E-state index contributed by atoms with van der Waals surface area (Å²) in [6.07, 6.45) is 2.32. The minimum absolute atomic E-state index is 0.0662. The highest BCUT2D eigenvalue weighted by Crippen LogP contribution is 2.42. The van der Waals surface area contributed by atoms with Gasteiger partial charge in [-0.15, -0.1) is 0 Å². The zero-order valence-electron chi connectivity index (χ0n) is 17.6. The van der Waals surface area contributed by atoms with Crippen LogP contribution in [0.3, 0.4) is 0 Å². The number of carboxylic acid groups (broad SMARTS) is 1. The normalized spacial score (nSPS) is 12.4. The molecule has 31 heavy (non-hydrogen) atoms. The van der Waals surface area contributed by atoms with Crippen LogP contribution in [0.2, 0.25) is 0 Å². The van der Waals surface area contributed by atoms with Gasteiger partial charge in [-0.25, -0.2) is 9.59 Å². The maximum absolute atomic E-state index is 12.6. The Balaban J connectivity index is 2.25. The minimum Gasteiger partial charge on any atom is -0.504 e. The first kappa shape index (κ1) is 24.3. The molecule has 0 fully saturated rings. The summed E-state index contributed by atoms with van der Waals surface area (Å²) >= 11 is 3.35. The zero-order chi connectivity index (χ0) is 23.0. The van der Waals surface area contributed by atoms with Gasteiger partial charge < -0.3 is 19.7 Å². The van der Waals surface area contributed by atoms with Gasteiger partial charge in [-0.05, 0) is 54.8 Å². The number of carbonyl (C=O) groups excluding carboxylic acids is 1. The maximum Gasteiger partial charge on any atom is 0.412 e. The standard InChI is InChI=1S/C23H26BrNO6/c1-23(2,13-5-4-6-20(27)28)21(15-7-12-19(30-3)18(26)14-15)31-22(29)25-17-10-8-16(24)9-11-17/h4,6-12,14,21,26H,5,13H2,1-3H3,(H,25,29)(H,27,28)/b6-4+/t21-/m1/s1. The van der Waals surface area contributed by atoms with E-state index in [-0.39, 0.29) is 5.75 Å². The van der Waals surface area contributed by atoms with E-state index in [1.165, 1.54) is 13.2 Å². The summed E-state index contributed by atoms with van der Waals surface area (Å²) < 4.78 is 11.8. The number of anilines is 1. The van der Waals surface area contributed by atoms with Gasteiger partial charge in [-0.3, -0.25) is 5.32 Å². The number of nitrogens with one attached hydrogen (secondary N) is 1. The number of allylic oxidation sites excluding steroid dienone is 1. The molecule has 2 aromatic rings. The van der Waals surface area contributed by atoms with Gasteiger partial charge in [-0.2, -0.15) is 0 Å². The predicted octanol–water partition coefficient (Wildman–Crippen LogP) is 5.90. The Bertz CT molecular complexity index is 940. The fourth-order valence-electron chi connectivity index (χ4n) is 3.11. The number of aliphatic carboxylic acids is 1. The Morgan fingerprint density at radius 1 is 1.19 bits per heavy atom. The van der Waals surface area contributed by atoms with Gasteiger partial charge in [0.25, 0.3) is 0 Å². The van der Waals surface area contributed by atoms with Crippen molar-refractivity contribution in [3.05, 3.63) is 64.7 Å². The molecule has 2 aromatic carbocycles. The molecule has 166 valence electrons. The molecule has 3 N–H and O–H groups in total. The molecule has 0 heterocycles. The van der Waals surface area contributed by atoms with Crippen molar-refractivity contribution in [2.75, 3.05) is 12.4 Å². The highest BCUT2D eigenvalue weighted by molar-refractivity contribution is 9.10. The van der Waals surface area contributed by atoms with Crippen molar-refractivity contribution >= 4 is 33.7 Å². The third kappa shape index (κ3) is 7.32. The molecule has 0 radical (unpaired) electrons. The van der Waals surface area contributed by atoms with Crippen LogP contribution in [0.1, 0.15) is 38.4 Å². The quantitative estimate of drug-likeness (QED) is 0.377. The highest BCUT2D eigenvalue weighted by atomic mass is 79.9. The second kappa shape index (κ2) is 10.9. The summed E-state index contributed by atoms with van der Waals surface area (Å²) in [5.41, 5.74) is 0.601. The maximum atomic E-state index is 12.6. The number of methoxy groups -OCH3 is 1. The molecule has 1 amide bonds. The topological polar surface area (TPSA) is 105 Å². The number of hydrogen-bond donors (Lipinski definition) is 3. The Morgan fingerprint density at radius 3 is 2.45 bits per heavy atom. The predicted molar refractivity (Wildman–Crippen MR) is 121 cm³/mol. The molecule has 0 unspecified atom stereocenters. The Labute approximate surface area is 189 Å². The number of phenols is 1. The fraction of sp³-hybridized carbons (Fsp3) is 0.304. The molecular formula is C23H26BrNO6. The van der Waals surface area contributed by atoms with Gasteiger partial charge in [0.05, 0.1) is 7.11 Å². The van der Waals surface area contributed by atoms with Gasteiger partial charge in [0.15, 0.2) is 11.5 Å². The van der Waals surface area contributed by atoms with Gasteiger partial charge in [-0.1, -0.05) is 41.9 Å². The van der Waals surface area contributed by atoms with Crippen molar-refractivity contribution < 1.29 is 29.3 Å². The summed E-state index contributed by atoms with van der Waals surface area (Å²) in [5.74, 6) is -0.771. The summed E-state index contributed by atoms with van der Waals surface area (Å²) in [4.78, 5) is 23.3. The van der Waals surface area contributed by atoms with Crippen molar-refractivity contribution in [2.45, 2.75) is 32.8 Å². The molecule has 0 aliphatic heterocycles. The Hall–Kier alpha value is -3.00. The number of phenolic OH excluding ortho intramolecular Hbond substituents is 1. The Kier molecular flexibility index (Phi) is 8.50. The molecule has 7 nitrogen and oxygen atoms in total. The number of hydrogen-bond acceptors (Lipinski definition) is 5. The van der Waals surface area contributed by atoms with Crippen LogP contribution in [0.15, 0.2) is 59.1 Å². The SMILES string of the molecule is COc1ccc([C@@H](OC(=O)Nc2ccc(Br)cc2)C(C)(C)CC/C=C/C(=O)O)cc1O. The molecule has 0 spiro atoms. The van der Waals surface area contributed by atoms with E-state index in [0.717, 1.165) is 10.5 Å². The van der Waals surface area contributed by atoms with Crippen LogP contribution in [-0.4, -0.2) is 29.4 Å². The summed E-state index contributed by atoms with van der Waals surface area (Å²) in [7, 11) is 1.45. The largest absolute Gasteiger partial charge is 0.504 e. The molecule has 8 heteroatoms. The molecule has 0 aliphatic rings. The number of benzene rings is 2. The van der Waals surface area contributed by atoms with E-state index in [0.29, 0.717) is 29.8 Å². The van der Waals surface area contributed by atoms with Gasteiger partial charge in [0.2, 0.25) is 0 Å². The van der Waals surface area contributed by atoms with E-state index < -0.39 is 23.6 Å². The monoisotopic (exact) mass is 491 g/mol. The van der Waals surface area contributed by atoms with Crippen molar-refractivity contribution in [2.24, 2.45) is 5.41 Å². The number of carbonyl (C=O) groups is 2. The lowest BCUT2D eigenvalue weighted by atomic mass is 9.78. The first-order valence-electron chi connectivity index (χ1n) is 9.62. The molecule has 1 atom stereocenters. The van der Waals surface area contributed by atoms with Gasteiger partial charge in [0.1, 0.15) is 6.10 Å². The van der Waals surface area contributed by atoms with Gasteiger partial charge in [0, 0.05) is 21.7 Å². The summed E-state index contributed by atoms with van der Waals surface area (Å²) in [6.45, 7) is 3.83. The van der Waals surface area contributed by atoms with Crippen molar-refractivity contribution in [3.8, 4) is 11.5 Å². The van der Waals surface area contributed by atoms with Crippen molar-refractivity contribution in [1.82, 2.24) is 0 Å². The number of rotatable bonds is 9. The number of ether oxygens (including phenoxy) is 2. The third-order valence-electron chi connectivity index (χ3n) is 4.75. The molecule has 0 bridgehead atoms. The molecule has 0 aromatic heterocycles. The lowest BCUT2D eigenvalue weighted by Gasteiger charge is -2.34. The summed E-state index contributed by atoms with van der Waals surface area (Å²) in [6, 6.07) is 11.9. The van der Waals surface area contributed by atoms with Crippen LogP contribution in [0.5, 0.6) is 11.5 Å². The lowest BCUT2D eigenvalue weighted by Crippen LogP contribution is -2.29. The van der Waals surface area contributed by atoms with E-state index in [1.54, 1.807) is 42.5 Å². The minimum atomic E-state index is -1.01. The van der Waals surface area contributed by atoms with Crippen molar-refractivity contribution in [3.63, 3.8) is 0 Å². The third-order valence-corrected chi connectivity index (χ3v) is 5.28. The van der Waals surface area contributed by atoms with Crippen LogP contribution in [0.25, 0.3) is 0 Å². The first-order valence-corrected chi connectivity index (χ1v) is 10.4. The average molecular weight is 492 g/mol. The van der Waals surface area contributed by atoms with E-state index >= 15 is 0 Å². The first-order chi connectivity index (χ1) is 14.6. The second-order valence-electron chi connectivity index (χ2n) is 7.62. The fourth-order valence-corrected chi connectivity index (χ4v) is 3.37. The van der Waals surface area contributed by atoms with Crippen LogP contribution < -0.4 is 10.1 Å². The lowest BCUT2D eigenvalue weighted by molar-refractivity contribution is -0.131. The number of aromatic hydroxyl groups is 1. The van der Waals surface area contributed by atoms with Crippen LogP contribution >= 0.6 is 15.9 Å². The van der Waals surface area contributed by atoms with Gasteiger partial charge >= 0.3 is 12.1 Å². The molecule has 2 rings (SSSR count).